The average Bonchev–Trinajstić information content (AvgIpc) is 2.47. The molecule has 1 aromatic heterocycles. The van der Waals surface area contributed by atoms with E-state index in [1.165, 1.54) is 0 Å². The summed E-state index contributed by atoms with van der Waals surface area (Å²) in [7, 11) is 0. The number of benzene rings is 1. The molecular weight excluding hydrogens is 225 g/mol. The van der Waals surface area contributed by atoms with Gasteiger partial charge in [0.05, 0.1) is 5.52 Å². The zero-order valence-electron chi connectivity index (χ0n) is 6.90. The van der Waals surface area contributed by atoms with Gasteiger partial charge in [-0.2, -0.15) is 0 Å². The monoisotopic (exact) mass is 233 g/mol. The van der Waals surface area contributed by atoms with E-state index in [2.05, 4.69) is 27.2 Å². The van der Waals surface area contributed by atoms with Crippen LogP contribution in [0, 0.1) is 0 Å². The Labute approximate surface area is 84.5 Å². The van der Waals surface area contributed by atoms with Crippen molar-refractivity contribution in [1.29, 1.82) is 0 Å². The van der Waals surface area contributed by atoms with Gasteiger partial charge in [0.15, 0.2) is 0 Å². The van der Waals surface area contributed by atoms with Crippen molar-refractivity contribution in [2.24, 2.45) is 0 Å². The van der Waals surface area contributed by atoms with E-state index in [9.17, 15) is 0 Å². The van der Waals surface area contributed by atoms with Crippen molar-refractivity contribution in [2.75, 3.05) is 0 Å². The number of nitrogens with zero attached hydrogens (tertiary/aromatic N) is 2. The third kappa shape index (κ3) is 4.40. The largest absolute Gasteiger partial charge is 0.325 e. The quantitative estimate of drug-likeness (QED) is 0.483. The van der Waals surface area contributed by atoms with Crippen LogP contribution in [-0.2, 0) is 11.8 Å². The highest BCUT2D eigenvalue weighted by atomic mass is 32.5. The van der Waals surface area contributed by atoms with Crippen molar-refractivity contribution in [3.05, 3.63) is 24.3 Å². The molecule has 2 rings (SSSR count). The maximum atomic E-state index is 7.56. The van der Waals surface area contributed by atoms with E-state index in [1.807, 2.05) is 24.3 Å². The summed E-state index contributed by atoms with van der Waals surface area (Å²) < 4.78 is 0. The number of nitrogens with one attached hydrogen (secondary N) is 1. The lowest BCUT2D eigenvalue weighted by Crippen LogP contribution is -1.65. The molecule has 0 amide bonds. The van der Waals surface area contributed by atoms with Gasteiger partial charge in [-0.05, 0) is 23.9 Å². The number of hydrogen-bond donors (Lipinski definition) is 4. The van der Waals surface area contributed by atoms with Gasteiger partial charge in [-0.15, -0.1) is 5.10 Å². The first-order valence-corrected chi connectivity index (χ1v) is 6.17. The second-order valence-corrected chi connectivity index (χ2v) is 4.84. The van der Waals surface area contributed by atoms with Crippen LogP contribution in [0.5, 0.6) is 0 Å². The molecule has 0 saturated heterocycles. The molecule has 0 spiro atoms. The van der Waals surface area contributed by atoms with Gasteiger partial charge in [0.1, 0.15) is 5.52 Å². The van der Waals surface area contributed by atoms with Crippen LogP contribution in [-0.4, -0.2) is 30.1 Å². The average molecular weight is 233 g/mol. The predicted octanol–water partition coefficient (Wildman–Crippen LogP) is 0.146. The van der Waals surface area contributed by atoms with E-state index in [-0.39, 0.29) is 0 Å². The Morgan fingerprint density at radius 3 is 2.36 bits per heavy atom. The second kappa shape index (κ2) is 4.59. The Bertz CT molecular complexity index is 416. The molecule has 76 valence electrons. The van der Waals surface area contributed by atoms with Gasteiger partial charge in [0.25, 0.3) is 0 Å². The first-order valence-electron chi connectivity index (χ1n) is 3.51. The molecule has 1 aromatic carbocycles. The summed E-state index contributed by atoms with van der Waals surface area (Å²) in [4.78, 5) is 22.7. The SMILES string of the molecule is OP(O)(O)=S.c1ccc2[nH]nnc2c1. The number of fused-ring (bicyclic) bond motifs is 1. The third-order valence-electron chi connectivity index (χ3n) is 1.23. The number of aromatic amines is 1. The van der Waals surface area contributed by atoms with E-state index < -0.39 is 6.72 Å². The highest BCUT2D eigenvalue weighted by Crippen LogP contribution is 2.26. The molecule has 6 nitrogen and oxygen atoms in total. The normalized spacial score (nSPS) is 10.8. The number of H-pyrrole nitrogens is 1. The number of aromatic nitrogens is 3. The van der Waals surface area contributed by atoms with Crippen molar-refractivity contribution in [3.63, 3.8) is 0 Å². The molecule has 0 aliphatic carbocycles. The minimum Gasteiger partial charge on any atom is -0.325 e. The Morgan fingerprint density at radius 2 is 1.79 bits per heavy atom. The van der Waals surface area contributed by atoms with Crippen molar-refractivity contribution in [3.8, 4) is 0 Å². The lowest BCUT2D eigenvalue weighted by molar-refractivity contribution is 0.363. The highest BCUT2D eigenvalue weighted by molar-refractivity contribution is 8.06. The van der Waals surface area contributed by atoms with E-state index in [4.69, 9.17) is 14.7 Å². The smallest absolute Gasteiger partial charge is 0.319 e. The summed E-state index contributed by atoms with van der Waals surface area (Å²) in [6.45, 7) is -3.81. The van der Waals surface area contributed by atoms with Gasteiger partial charge in [0.2, 0.25) is 0 Å². The van der Waals surface area contributed by atoms with Crippen LogP contribution in [0.3, 0.4) is 0 Å². The van der Waals surface area contributed by atoms with Gasteiger partial charge in [-0.3, -0.25) is 5.10 Å². The van der Waals surface area contributed by atoms with Crippen molar-refractivity contribution in [1.82, 2.24) is 15.4 Å². The zero-order chi connectivity index (χ0) is 10.6. The summed E-state index contributed by atoms with van der Waals surface area (Å²) in [5, 5.41) is 10.2. The summed E-state index contributed by atoms with van der Waals surface area (Å²) in [6.07, 6.45) is 0. The van der Waals surface area contributed by atoms with Crippen molar-refractivity contribution >= 4 is 29.6 Å². The molecule has 0 aliphatic heterocycles. The number of para-hydroxylation sites is 1. The molecule has 0 atom stereocenters. The first-order chi connectivity index (χ1) is 6.47. The predicted molar refractivity (Wildman–Crippen MR) is 54.8 cm³/mol. The molecule has 0 unspecified atom stereocenters. The molecule has 8 heteroatoms. The summed E-state index contributed by atoms with van der Waals surface area (Å²) >= 11 is 3.60. The highest BCUT2D eigenvalue weighted by Gasteiger charge is 1.92. The van der Waals surface area contributed by atoms with Crippen molar-refractivity contribution in [2.45, 2.75) is 0 Å². The standard InChI is InChI=1S/C6H5N3.H3O3PS/c1-2-4-6-5(3-1)7-9-8-6;1-4(2,3)5/h1-4H,(H,7,8,9);(H3,1,2,3,5). The van der Waals surface area contributed by atoms with Crippen LogP contribution in [0.4, 0.5) is 0 Å². The van der Waals surface area contributed by atoms with Gasteiger partial charge in [-0.1, -0.05) is 17.3 Å². The second-order valence-electron chi connectivity index (χ2n) is 2.34. The fraction of sp³-hybridized carbons (Fsp3) is 0. The Balaban J connectivity index is 0.000000171. The van der Waals surface area contributed by atoms with Gasteiger partial charge >= 0.3 is 6.72 Å². The summed E-state index contributed by atoms with van der Waals surface area (Å²) in [6, 6.07) is 7.74. The first kappa shape index (κ1) is 11.2. The molecule has 0 radical (unpaired) electrons. The Morgan fingerprint density at radius 1 is 1.21 bits per heavy atom. The minimum absolute atomic E-state index is 0.914. The number of rotatable bonds is 0. The topological polar surface area (TPSA) is 102 Å². The maximum absolute atomic E-state index is 7.56. The number of hydrogen-bond acceptors (Lipinski definition) is 3. The molecule has 0 bridgehead atoms. The van der Waals surface area contributed by atoms with Crippen LogP contribution >= 0.6 is 6.72 Å². The minimum atomic E-state index is -3.81. The van der Waals surface area contributed by atoms with E-state index >= 15 is 0 Å². The Hall–Kier alpha value is -0.850. The Kier molecular flexibility index (Phi) is 3.68. The van der Waals surface area contributed by atoms with Gasteiger partial charge in [0, 0.05) is 0 Å². The van der Waals surface area contributed by atoms with Crippen LogP contribution in [0.2, 0.25) is 0 Å². The molecule has 14 heavy (non-hydrogen) atoms. The van der Waals surface area contributed by atoms with E-state index in [1.54, 1.807) is 0 Å². The fourth-order valence-electron chi connectivity index (χ4n) is 0.788. The van der Waals surface area contributed by atoms with E-state index in [0.29, 0.717) is 0 Å². The lowest BCUT2D eigenvalue weighted by Gasteiger charge is -1.88. The molecule has 4 N–H and O–H groups in total. The molecule has 2 aromatic rings. The molecule has 0 saturated carbocycles. The van der Waals surface area contributed by atoms with Crippen LogP contribution in [0.15, 0.2) is 24.3 Å². The van der Waals surface area contributed by atoms with Crippen LogP contribution in [0.1, 0.15) is 0 Å². The molecular formula is C6H8N3O3PS. The van der Waals surface area contributed by atoms with Gasteiger partial charge < -0.3 is 14.7 Å². The summed E-state index contributed by atoms with van der Waals surface area (Å²) in [5.74, 6) is 0. The molecule has 0 fully saturated rings. The third-order valence-corrected chi connectivity index (χ3v) is 1.23. The summed E-state index contributed by atoms with van der Waals surface area (Å²) in [5.41, 5.74) is 1.90. The van der Waals surface area contributed by atoms with Crippen molar-refractivity contribution < 1.29 is 14.7 Å². The fourth-order valence-corrected chi connectivity index (χ4v) is 0.788. The molecule has 0 aliphatic rings. The lowest BCUT2D eigenvalue weighted by atomic mass is 10.3. The zero-order valence-corrected chi connectivity index (χ0v) is 8.61. The van der Waals surface area contributed by atoms with Gasteiger partial charge in [-0.25, -0.2) is 0 Å². The van der Waals surface area contributed by atoms with Crippen LogP contribution < -0.4 is 0 Å². The maximum Gasteiger partial charge on any atom is 0.319 e. The van der Waals surface area contributed by atoms with Crippen LogP contribution in [0.25, 0.3) is 11.0 Å². The molecule has 1 heterocycles. The van der Waals surface area contributed by atoms with E-state index in [0.717, 1.165) is 11.0 Å².